The molecule has 58 valence electrons. The monoisotopic (exact) mass is 146 g/mol. The van der Waals surface area contributed by atoms with Crippen LogP contribution >= 0.6 is 0 Å². The first-order valence-electron chi connectivity index (χ1n) is 3.33. The van der Waals surface area contributed by atoms with Gasteiger partial charge >= 0.3 is 0 Å². The molecule has 1 unspecified atom stereocenters. The average molecular weight is 146 g/mol. The summed E-state index contributed by atoms with van der Waals surface area (Å²) in [6.45, 7) is 0.557. The van der Waals surface area contributed by atoms with Crippen LogP contribution < -0.4 is 0 Å². The lowest BCUT2D eigenvalue weighted by molar-refractivity contribution is -0.122. The van der Waals surface area contributed by atoms with Gasteiger partial charge in [0.1, 0.15) is 17.8 Å². The molecule has 2 aliphatic heterocycles. The van der Waals surface area contributed by atoms with Gasteiger partial charge < -0.3 is 19.7 Å². The lowest BCUT2D eigenvalue weighted by Crippen LogP contribution is -2.43. The molecule has 0 saturated carbocycles. The molecule has 0 amide bonds. The summed E-state index contributed by atoms with van der Waals surface area (Å²) >= 11 is 0. The molecule has 0 aliphatic carbocycles. The lowest BCUT2D eigenvalue weighted by atomic mass is 10.0. The summed E-state index contributed by atoms with van der Waals surface area (Å²) in [5.74, 6) is 0. The quantitative estimate of drug-likeness (QED) is 0.473. The highest BCUT2D eigenvalue weighted by Gasteiger charge is 2.55. The summed E-state index contributed by atoms with van der Waals surface area (Å²) in [5.41, 5.74) is -0.801. The summed E-state index contributed by atoms with van der Waals surface area (Å²) in [6.07, 6.45) is -0.857. The minimum absolute atomic E-state index is 0.162. The Kier molecular flexibility index (Phi) is 1.25. The number of hydrogen-bond donors (Lipinski definition) is 2. The van der Waals surface area contributed by atoms with Crippen molar-refractivity contribution in [3.63, 3.8) is 0 Å². The van der Waals surface area contributed by atoms with Crippen molar-refractivity contribution in [3.05, 3.63) is 0 Å². The first-order chi connectivity index (χ1) is 4.78. The molecule has 2 N–H and O–H groups in total. The van der Waals surface area contributed by atoms with E-state index >= 15 is 0 Å². The Morgan fingerprint density at radius 2 is 2.40 bits per heavy atom. The van der Waals surface area contributed by atoms with Gasteiger partial charge in [-0.25, -0.2) is 0 Å². The SMILES string of the molecule is OC[C@@]12CO[C@H](CO1)C2O. The Bertz CT molecular complexity index is 139. The minimum Gasteiger partial charge on any atom is -0.393 e. The van der Waals surface area contributed by atoms with Crippen molar-refractivity contribution in [2.24, 2.45) is 0 Å². The summed E-state index contributed by atoms with van der Waals surface area (Å²) in [5, 5.41) is 18.2. The Morgan fingerprint density at radius 3 is 2.60 bits per heavy atom. The maximum Gasteiger partial charge on any atom is 0.143 e. The Morgan fingerprint density at radius 1 is 1.60 bits per heavy atom. The van der Waals surface area contributed by atoms with Gasteiger partial charge in [0.05, 0.1) is 19.8 Å². The summed E-state index contributed by atoms with van der Waals surface area (Å²) in [6, 6.07) is 0. The summed E-state index contributed by atoms with van der Waals surface area (Å²) in [7, 11) is 0. The first-order valence-corrected chi connectivity index (χ1v) is 3.33. The summed E-state index contributed by atoms with van der Waals surface area (Å²) < 4.78 is 10.3. The van der Waals surface area contributed by atoms with E-state index in [-0.39, 0.29) is 12.7 Å². The number of aliphatic hydroxyl groups excluding tert-OH is 2. The molecule has 3 atom stereocenters. The van der Waals surface area contributed by atoms with Crippen LogP contribution in [0.25, 0.3) is 0 Å². The normalized spacial score (nSPS) is 52.2. The van der Waals surface area contributed by atoms with Gasteiger partial charge in [0, 0.05) is 0 Å². The zero-order valence-electron chi connectivity index (χ0n) is 5.49. The highest BCUT2D eigenvalue weighted by atomic mass is 16.6. The smallest absolute Gasteiger partial charge is 0.143 e. The van der Waals surface area contributed by atoms with Crippen LogP contribution in [0, 0.1) is 0 Å². The number of aliphatic hydroxyl groups is 2. The standard InChI is InChI=1S/C6H10O4/c7-2-6-3-9-4(1-10-6)5(6)8/h4-5,7-8H,1-3H2/t4-,5?,6+/m1/s1. The molecule has 2 bridgehead atoms. The van der Waals surface area contributed by atoms with Gasteiger partial charge in [-0.2, -0.15) is 0 Å². The second-order valence-electron chi connectivity index (χ2n) is 2.83. The first kappa shape index (κ1) is 6.54. The van der Waals surface area contributed by atoms with Gasteiger partial charge in [0.15, 0.2) is 0 Å². The van der Waals surface area contributed by atoms with Gasteiger partial charge in [0.25, 0.3) is 0 Å². The van der Waals surface area contributed by atoms with Crippen molar-refractivity contribution in [2.75, 3.05) is 19.8 Å². The van der Waals surface area contributed by atoms with E-state index < -0.39 is 11.7 Å². The lowest BCUT2D eigenvalue weighted by Gasteiger charge is -2.23. The number of fused-ring (bicyclic) bond motifs is 2. The molecule has 4 nitrogen and oxygen atoms in total. The van der Waals surface area contributed by atoms with E-state index in [2.05, 4.69) is 0 Å². The maximum absolute atomic E-state index is 9.37. The predicted octanol–water partition coefficient (Wildman–Crippen LogP) is -1.49. The molecular formula is C6H10O4. The van der Waals surface area contributed by atoms with E-state index in [4.69, 9.17) is 14.6 Å². The van der Waals surface area contributed by atoms with E-state index in [0.717, 1.165) is 0 Å². The highest BCUT2D eigenvalue weighted by Crippen LogP contribution is 2.34. The second kappa shape index (κ2) is 1.92. The molecule has 0 radical (unpaired) electrons. The molecule has 2 heterocycles. The van der Waals surface area contributed by atoms with Crippen LogP contribution in [-0.4, -0.2) is 47.8 Å². The van der Waals surface area contributed by atoms with Crippen molar-refractivity contribution in [2.45, 2.75) is 17.8 Å². The van der Waals surface area contributed by atoms with E-state index in [1.54, 1.807) is 0 Å². The van der Waals surface area contributed by atoms with Gasteiger partial charge in [-0.3, -0.25) is 0 Å². The third kappa shape index (κ3) is 0.594. The number of hydrogen-bond acceptors (Lipinski definition) is 4. The van der Waals surface area contributed by atoms with Crippen molar-refractivity contribution in [1.82, 2.24) is 0 Å². The molecular weight excluding hydrogens is 136 g/mol. The molecule has 4 heteroatoms. The van der Waals surface area contributed by atoms with E-state index in [1.807, 2.05) is 0 Å². The molecule has 2 fully saturated rings. The van der Waals surface area contributed by atoms with Crippen LogP contribution in [0.15, 0.2) is 0 Å². The second-order valence-corrected chi connectivity index (χ2v) is 2.83. The molecule has 0 aromatic heterocycles. The zero-order valence-corrected chi connectivity index (χ0v) is 5.49. The Labute approximate surface area is 58.4 Å². The molecule has 2 saturated heterocycles. The van der Waals surface area contributed by atoms with E-state index in [9.17, 15) is 5.11 Å². The fourth-order valence-corrected chi connectivity index (χ4v) is 1.46. The van der Waals surface area contributed by atoms with E-state index in [0.29, 0.717) is 13.2 Å². The van der Waals surface area contributed by atoms with Crippen LogP contribution in [0.5, 0.6) is 0 Å². The highest BCUT2D eigenvalue weighted by molar-refractivity contribution is 5.03. The van der Waals surface area contributed by atoms with Crippen LogP contribution in [0.2, 0.25) is 0 Å². The van der Waals surface area contributed by atoms with Crippen molar-refractivity contribution in [1.29, 1.82) is 0 Å². The maximum atomic E-state index is 9.37. The Hall–Kier alpha value is -0.160. The van der Waals surface area contributed by atoms with Crippen LogP contribution in [0.4, 0.5) is 0 Å². The molecule has 0 aromatic carbocycles. The third-order valence-electron chi connectivity index (χ3n) is 2.24. The summed E-state index contributed by atoms with van der Waals surface area (Å²) in [4.78, 5) is 0. The largest absolute Gasteiger partial charge is 0.393 e. The number of rotatable bonds is 1. The molecule has 10 heavy (non-hydrogen) atoms. The van der Waals surface area contributed by atoms with Crippen LogP contribution in [-0.2, 0) is 9.47 Å². The van der Waals surface area contributed by atoms with Gasteiger partial charge in [-0.05, 0) is 0 Å². The predicted molar refractivity (Wildman–Crippen MR) is 31.5 cm³/mol. The zero-order chi connectivity index (χ0) is 7.19. The van der Waals surface area contributed by atoms with Crippen molar-refractivity contribution in [3.8, 4) is 0 Å². The molecule has 2 aliphatic rings. The van der Waals surface area contributed by atoms with Crippen molar-refractivity contribution >= 4 is 0 Å². The van der Waals surface area contributed by atoms with Crippen molar-refractivity contribution < 1.29 is 19.7 Å². The van der Waals surface area contributed by atoms with Crippen LogP contribution in [0.1, 0.15) is 0 Å². The average Bonchev–Trinajstić information content (AvgIpc) is 2.46. The third-order valence-corrected chi connectivity index (χ3v) is 2.24. The number of ether oxygens (including phenoxy) is 2. The fraction of sp³-hybridized carbons (Fsp3) is 1.00. The van der Waals surface area contributed by atoms with Gasteiger partial charge in [-0.15, -0.1) is 0 Å². The molecule has 0 spiro atoms. The van der Waals surface area contributed by atoms with Gasteiger partial charge in [0.2, 0.25) is 0 Å². The van der Waals surface area contributed by atoms with Crippen LogP contribution in [0.3, 0.4) is 0 Å². The molecule has 2 rings (SSSR count). The van der Waals surface area contributed by atoms with Gasteiger partial charge in [-0.1, -0.05) is 0 Å². The van der Waals surface area contributed by atoms with E-state index in [1.165, 1.54) is 0 Å². The fourth-order valence-electron chi connectivity index (χ4n) is 1.46. The Balaban J connectivity index is 2.22. The molecule has 0 aromatic rings. The topological polar surface area (TPSA) is 58.9 Å². The minimum atomic E-state index is -0.801.